The molecule has 0 aliphatic carbocycles. The molecular weight excluding hydrogens is 250 g/mol. The quantitative estimate of drug-likeness (QED) is 0.601. The third kappa shape index (κ3) is 9.33. The van der Waals surface area contributed by atoms with Crippen LogP contribution < -0.4 is 5.32 Å². The van der Waals surface area contributed by atoms with E-state index in [2.05, 4.69) is 12.2 Å². The standard InChI is InChI=1S/C13H25NO3S/c1-4-5-7-18-8-6-12(15)14-11(13(16)17)9-10(2)3/h10-11H,4-9H2,1-3H3,(H,14,15)(H,16,17). The van der Waals surface area contributed by atoms with Gasteiger partial charge in [0, 0.05) is 12.2 Å². The number of amides is 1. The molecule has 1 unspecified atom stereocenters. The lowest BCUT2D eigenvalue weighted by atomic mass is 10.0. The molecule has 4 nitrogen and oxygen atoms in total. The minimum atomic E-state index is -0.948. The smallest absolute Gasteiger partial charge is 0.326 e. The number of carbonyl (C=O) groups is 2. The Balaban J connectivity index is 3.85. The fourth-order valence-electron chi connectivity index (χ4n) is 1.47. The molecule has 0 rings (SSSR count). The van der Waals surface area contributed by atoms with Crippen molar-refractivity contribution in [3.05, 3.63) is 0 Å². The van der Waals surface area contributed by atoms with Crippen molar-refractivity contribution in [3.8, 4) is 0 Å². The minimum absolute atomic E-state index is 0.160. The summed E-state index contributed by atoms with van der Waals surface area (Å²) in [4.78, 5) is 22.5. The maximum atomic E-state index is 11.6. The van der Waals surface area contributed by atoms with E-state index < -0.39 is 12.0 Å². The van der Waals surface area contributed by atoms with Crippen molar-refractivity contribution in [3.63, 3.8) is 0 Å². The van der Waals surface area contributed by atoms with Gasteiger partial charge in [-0.05, 0) is 24.5 Å². The molecule has 0 aromatic carbocycles. The number of aliphatic carboxylic acids is 1. The van der Waals surface area contributed by atoms with E-state index >= 15 is 0 Å². The molecule has 18 heavy (non-hydrogen) atoms. The highest BCUT2D eigenvalue weighted by Gasteiger charge is 2.20. The average Bonchev–Trinajstić information content (AvgIpc) is 2.27. The Morgan fingerprint density at radius 1 is 1.28 bits per heavy atom. The summed E-state index contributed by atoms with van der Waals surface area (Å²) in [5.74, 6) is 0.978. The third-order valence-electron chi connectivity index (χ3n) is 2.46. The van der Waals surface area contributed by atoms with Crippen LogP contribution in [-0.4, -0.2) is 34.5 Å². The summed E-state index contributed by atoms with van der Waals surface area (Å²) in [7, 11) is 0. The van der Waals surface area contributed by atoms with Crippen LogP contribution in [0.15, 0.2) is 0 Å². The highest BCUT2D eigenvalue weighted by molar-refractivity contribution is 7.99. The van der Waals surface area contributed by atoms with Gasteiger partial charge in [-0.2, -0.15) is 11.8 Å². The fraction of sp³-hybridized carbons (Fsp3) is 0.846. The summed E-state index contributed by atoms with van der Waals surface area (Å²) in [6.07, 6.45) is 3.20. The van der Waals surface area contributed by atoms with Crippen LogP contribution in [0.2, 0.25) is 0 Å². The van der Waals surface area contributed by atoms with Gasteiger partial charge in [-0.25, -0.2) is 4.79 Å². The van der Waals surface area contributed by atoms with Crippen molar-refractivity contribution < 1.29 is 14.7 Å². The van der Waals surface area contributed by atoms with Crippen LogP contribution in [0.25, 0.3) is 0 Å². The van der Waals surface area contributed by atoms with Crippen LogP contribution in [0.3, 0.4) is 0 Å². The third-order valence-corrected chi connectivity index (χ3v) is 3.53. The molecule has 0 heterocycles. The minimum Gasteiger partial charge on any atom is -0.480 e. The number of thioether (sulfide) groups is 1. The first-order chi connectivity index (χ1) is 8.47. The SMILES string of the molecule is CCCCSCCC(=O)NC(CC(C)C)C(=O)O. The van der Waals surface area contributed by atoms with Gasteiger partial charge in [-0.15, -0.1) is 0 Å². The zero-order valence-corrected chi connectivity index (χ0v) is 12.4. The van der Waals surface area contributed by atoms with Crippen molar-refractivity contribution in [1.29, 1.82) is 0 Å². The second-order valence-corrected chi connectivity index (χ2v) is 6.03. The molecule has 1 atom stereocenters. The van der Waals surface area contributed by atoms with Gasteiger partial charge < -0.3 is 10.4 Å². The molecule has 0 aromatic rings. The van der Waals surface area contributed by atoms with Gasteiger partial charge in [-0.3, -0.25) is 4.79 Å². The Kier molecular flexibility index (Phi) is 9.83. The summed E-state index contributed by atoms with van der Waals surface area (Å²) in [5, 5.41) is 11.6. The summed E-state index contributed by atoms with van der Waals surface area (Å²) in [5.41, 5.74) is 0. The van der Waals surface area contributed by atoms with Crippen LogP contribution in [-0.2, 0) is 9.59 Å². The topological polar surface area (TPSA) is 66.4 Å². The second kappa shape index (κ2) is 10.2. The zero-order chi connectivity index (χ0) is 14.0. The van der Waals surface area contributed by atoms with E-state index in [4.69, 9.17) is 5.11 Å². The summed E-state index contributed by atoms with van der Waals surface area (Å²) < 4.78 is 0. The predicted molar refractivity (Wildman–Crippen MR) is 75.9 cm³/mol. The molecule has 0 bridgehead atoms. The molecule has 0 saturated carbocycles. The van der Waals surface area contributed by atoms with Gasteiger partial charge in [0.15, 0.2) is 0 Å². The number of hydrogen-bond acceptors (Lipinski definition) is 3. The van der Waals surface area contributed by atoms with E-state index in [1.165, 1.54) is 0 Å². The number of carboxylic acids is 1. The number of carboxylic acid groups (broad SMARTS) is 1. The number of nitrogens with one attached hydrogen (secondary N) is 1. The first kappa shape index (κ1) is 17.3. The van der Waals surface area contributed by atoms with Gasteiger partial charge in [0.1, 0.15) is 6.04 Å². The molecule has 1 amide bonds. The maximum Gasteiger partial charge on any atom is 0.326 e. The van der Waals surface area contributed by atoms with E-state index in [1.807, 2.05) is 13.8 Å². The summed E-state index contributed by atoms with van der Waals surface area (Å²) in [6.45, 7) is 6.03. The van der Waals surface area contributed by atoms with Gasteiger partial charge in [-0.1, -0.05) is 27.2 Å². The van der Waals surface area contributed by atoms with E-state index in [9.17, 15) is 9.59 Å². The molecule has 0 spiro atoms. The van der Waals surface area contributed by atoms with Crippen molar-refractivity contribution in [2.45, 2.75) is 52.5 Å². The average molecular weight is 275 g/mol. The van der Waals surface area contributed by atoms with E-state index in [0.29, 0.717) is 12.8 Å². The second-order valence-electron chi connectivity index (χ2n) is 4.80. The van der Waals surface area contributed by atoms with Crippen molar-refractivity contribution in [2.75, 3.05) is 11.5 Å². The molecule has 0 aliphatic rings. The van der Waals surface area contributed by atoms with Crippen LogP contribution >= 0.6 is 11.8 Å². The van der Waals surface area contributed by atoms with Crippen LogP contribution in [0.4, 0.5) is 0 Å². The molecular formula is C13H25NO3S. The molecule has 0 saturated heterocycles. The van der Waals surface area contributed by atoms with E-state index in [0.717, 1.165) is 24.3 Å². The molecule has 2 N–H and O–H groups in total. The van der Waals surface area contributed by atoms with Crippen molar-refractivity contribution >= 4 is 23.6 Å². The van der Waals surface area contributed by atoms with Gasteiger partial charge in [0.2, 0.25) is 5.91 Å². The number of rotatable bonds is 10. The lowest BCUT2D eigenvalue weighted by Gasteiger charge is -2.16. The Labute approximate surface area is 114 Å². The van der Waals surface area contributed by atoms with Crippen molar-refractivity contribution in [2.24, 2.45) is 5.92 Å². The Hall–Kier alpha value is -0.710. The highest BCUT2D eigenvalue weighted by Crippen LogP contribution is 2.08. The number of unbranched alkanes of at least 4 members (excludes halogenated alkanes) is 1. The van der Waals surface area contributed by atoms with E-state index in [-0.39, 0.29) is 11.8 Å². The Bertz CT molecular complexity index is 257. The highest BCUT2D eigenvalue weighted by atomic mass is 32.2. The normalized spacial score (nSPS) is 12.4. The lowest BCUT2D eigenvalue weighted by molar-refractivity contribution is -0.142. The molecule has 5 heteroatoms. The summed E-state index contributed by atoms with van der Waals surface area (Å²) >= 11 is 1.75. The first-order valence-electron chi connectivity index (χ1n) is 6.57. The van der Waals surface area contributed by atoms with Crippen LogP contribution in [0.5, 0.6) is 0 Å². The van der Waals surface area contributed by atoms with Crippen molar-refractivity contribution in [1.82, 2.24) is 5.32 Å². The molecule has 0 radical (unpaired) electrons. The molecule has 0 fully saturated rings. The first-order valence-corrected chi connectivity index (χ1v) is 7.72. The lowest BCUT2D eigenvalue weighted by Crippen LogP contribution is -2.41. The largest absolute Gasteiger partial charge is 0.480 e. The van der Waals surface area contributed by atoms with Crippen LogP contribution in [0.1, 0.15) is 46.5 Å². The number of hydrogen-bond donors (Lipinski definition) is 2. The zero-order valence-electron chi connectivity index (χ0n) is 11.6. The maximum absolute atomic E-state index is 11.6. The van der Waals surface area contributed by atoms with Crippen LogP contribution in [0, 0.1) is 5.92 Å². The molecule has 106 valence electrons. The predicted octanol–water partition coefficient (Wildman–Crippen LogP) is 2.53. The Morgan fingerprint density at radius 3 is 2.44 bits per heavy atom. The number of carbonyl (C=O) groups excluding carboxylic acids is 1. The van der Waals surface area contributed by atoms with Gasteiger partial charge >= 0.3 is 5.97 Å². The van der Waals surface area contributed by atoms with E-state index in [1.54, 1.807) is 11.8 Å². The summed E-state index contributed by atoms with van der Waals surface area (Å²) in [6, 6.07) is -0.752. The molecule has 0 aromatic heterocycles. The molecule has 0 aliphatic heterocycles. The Morgan fingerprint density at radius 2 is 1.94 bits per heavy atom. The van der Waals surface area contributed by atoms with Gasteiger partial charge in [0.25, 0.3) is 0 Å². The monoisotopic (exact) mass is 275 g/mol. The van der Waals surface area contributed by atoms with Gasteiger partial charge in [0.05, 0.1) is 0 Å². The fourth-order valence-corrected chi connectivity index (χ4v) is 2.50.